The second kappa shape index (κ2) is 7.41. The number of nitrogens with two attached hydrogens (primary N) is 1. The monoisotopic (exact) mass is 326 g/mol. The molecule has 2 amide bonds. The molecule has 6 nitrogen and oxygen atoms in total. The number of anilines is 1. The summed E-state index contributed by atoms with van der Waals surface area (Å²) in [5.74, 6) is -1.61. The summed E-state index contributed by atoms with van der Waals surface area (Å²) in [5.41, 5.74) is 7.28. The Bertz CT molecular complexity index is 799. The number of methoxy groups -OCH3 is 1. The number of aryl methyl sites for hydroxylation is 1. The minimum absolute atomic E-state index is 0.233. The Morgan fingerprint density at radius 3 is 2.42 bits per heavy atom. The summed E-state index contributed by atoms with van der Waals surface area (Å²) in [7, 11) is 1.28. The van der Waals surface area contributed by atoms with Crippen molar-refractivity contribution in [1.29, 1.82) is 0 Å². The SMILES string of the molecule is CCc1ccc(NC(=O)c2cccc(C(N)=O)c2)c(C(=O)OC)c1. The molecule has 0 aliphatic carbocycles. The first-order valence-electron chi connectivity index (χ1n) is 7.38. The zero-order valence-corrected chi connectivity index (χ0v) is 13.5. The molecule has 0 radical (unpaired) electrons. The number of hydrogen-bond donors (Lipinski definition) is 2. The van der Waals surface area contributed by atoms with E-state index in [1.54, 1.807) is 24.3 Å². The van der Waals surface area contributed by atoms with Crippen molar-refractivity contribution in [2.24, 2.45) is 5.73 Å². The molecule has 0 aliphatic heterocycles. The Morgan fingerprint density at radius 1 is 1.08 bits per heavy atom. The van der Waals surface area contributed by atoms with E-state index in [2.05, 4.69) is 5.32 Å². The van der Waals surface area contributed by atoms with Crippen molar-refractivity contribution < 1.29 is 19.1 Å². The van der Waals surface area contributed by atoms with Gasteiger partial charge in [0.05, 0.1) is 18.4 Å². The molecule has 0 saturated heterocycles. The first kappa shape index (κ1) is 17.2. The fourth-order valence-corrected chi connectivity index (χ4v) is 2.21. The van der Waals surface area contributed by atoms with Crippen molar-refractivity contribution >= 4 is 23.5 Å². The molecule has 2 aromatic rings. The third-order valence-electron chi connectivity index (χ3n) is 3.56. The number of benzene rings is 2. The third kappa shape index (κ3) is 3.78. The maximum atomic E-state index is 12.4. The van der Waals surface area contributed by atoms with Gasteiger partial charge in [0.15, 0.2) is 0 Å². The molecule has 0 atom stereocenters. The van der Waals surface area contributed by atoms with E-state index >= 15 is 0 Å². The number of primary amides is 1. The molecule has 3 N–H and O–H groups in total. The number of amides is 2. The van der Waals surface area contributed by atoms with E-state index in [1.807, 2.05) is 13.0 Å². The number of carbonyl (C=O) groups is 3. The van der Waals surface area contributed by atoms with Crippen LogP contribution in [0.2, 0.25) is 0 Å². The molecular formula is C18H18N2O4. The van der Waals surface area contributed by atoms with Gasteiger partial charge in [-0.2, -0.15) is 0 Å². The number of hydrogen-bond acceptors (Lipinski definition) is 4. The van der Waals surface area contributed by atoms with Crippen molar-refractivity contribution in [3.05, 3.63) is 64.7 Å². The Morgan fingerprint density at radius 2 is 1.79 bits per heavy atom. The quantitative estimate of drug-likeness (QED) is 0.824. The van der Waals surface area contributed by atoms with E-state index < -0.39 is 17.8 Å². The number of carbonyl (C=O) groups excluding carboxylic acids is 3. The van der Waals surface area contributed by atoms with Gasteiger partial charge in [0.2, 0.25) is 5.91 Å². The lowest BCUT2D eigenvalue weighted by molar-refractivity contribution is 0.0601. The molecule has 124 valence electrons. The van der Waals surface area contributed by atoms with Crippen LogP contribution in [0, 0.1) is 0 Å². The van der Waals surface area contributed by atoms with Gasteiger partial charge >= 0.3 is 5.97 Å². The molecule has 0 fully saturated rings. The van der Waals surface area contributed by atoms with E-state index in [9.17, 15) is 14.4 Å². The zero-order chi connectivity index (χ0) is 17.7. The van der Waals surface area contributed by atoms with Gasteiger partial charge in [0, 0.05) is 11.1 Å². The zero-order valence-electron chi connectivity index (χ0n) is 13.5. The smallest absolute Gasteiger partial charge is 0.339 e. The van der Waals surface area contributed by atoms with Crippen LogP contribution in [-0.2, 0) is 11.2 Å². The average molecular weight is 326 g/mol. The lowest BCUT2D eigenvalue weighted by atomic mass is 10.1. The largest absolute Gasteiger partial charge is 0.465 e. The molecule has 0 unspecified atom stereocenters. The van der Waals surface area contributed by atoms with Crippen LogP contribution < -0.4 is 11.1 Å². The van der Waals surface area contributed by atoms with E-state index in [0.717, 1.165) is 12.0 Å². The average Bonchev–Trinajstić information content (AvgIpc) is 2.61. The van der Waals surface area contributed by atoms with E-state index in [1.165, 1.54) is 19.2 Å². The molecular weight excluding hydrogens is 308 g/mol. The molecule has 6 heteroatoms. The maximum absolute atomic E-state index is 12.4. The molecule has 0 aliphatic rings. The third-order valence-corrected chi connectivity index (χ3v) is 3.56. The highest BCUT2D eigenvalue weighted by Crippen LogP contribution is 2.20. The van der Waals surface area contributed by atoms with Gasteiger partial charge in [-0.15, -0.1) is 0 Å². The van der Waals surface area contributed by atoms with Gasteiger partial charge in [-0.05, 0) is 42.3 Å². The second-order valence-electron chi connectivity index (χ2n) is 5.12. The molecule has 0 spiro atoms. The summed E-state index contributed by atoms with van der Waals surface area (Å²) in [4.78, 5) is 35.5. The van der Waals surface area contributed by atoms with Crippen LogP contribution in [0.5, 0.6) is 0 Å². The van der Waals surface area contributed by atoms with Crippen molar-refractivity contribution in [1.82, 2.24) is 0 Å². The number of nitrogens with one attached hydrogen (secondary N) is 1. The van der Waals surface area contributed by atoms with Crippen LogP contribution >= 0.6 is 0 Å². The first-order chi connectivity index (χ1) is 11.5. The lowest BCUT2D eigenvalue weighted by Gasteiger charge is -2.11. The maximum Gasteiger partial charge on any atom is 0.339 e. The van der Waals surface area contributed by atoms with Gasteiger partial charge in [-0.25, -0.2) is 4.79 Å². The summed E-state index contributed by atoms with van der Waals surface area (Å²) in [6, 6.07) is 11.2. The molecule has 0 heterocycles. The normalized spacial score (nSPS) is 10.1. The summed E-state index contributed by atoms with van der Waals surface area (Å²) >= 11 is 0. The topological polar surface area (TPSA) is 98.5 Å². The minimum atomic E-state index is -0.618. The van der Waals surface area contributed by atoms with Crippen molar-refractivity contribution in [2.45, 2.75) is 13.3 Å². The van der Waals surface area contributed by atoms with E-state index in [-0.39, 0.29) is 16.7 Å². The number of esters is 1. The predicted octanol–water partition coefficient (Wildman–Crippen LogP) is 2.39. The predicted molar refractivity (Wildman–Crippen MR) is 90.1 cm³/mol. The molecule has 0 aromatic heterocycles. The Kier molecular flexibility index (Phi) is 5.31. The van der Waals surface area contributed by atoms with Gasteiger partial charge in [0.25, 0.3) is 5.91 Å². The van der Waals surface area contributed by atoms with Gasteiger partial charge in [-0.3, -0.25) is 9.59 Å². The van der Waals surface area contributed by atoms with E-state index in [0.29, 0.717) is 5.69 Å². The summed E-state index contributed by atoms with van der Waals surface area (Å²) in [6.45, 7) is 1.96. The van der Waals surface area contributed by atoms with Gasteiger partial charge in [0.1, 0.15) is 0 Å². The highest BCUT2D eigenvalue weighted by Gasteiger charge is 2.16. The number of ether oxygens (including phenoxy) is 1. The van der Waals surface area contributed by atoms with Crippen molar-refractivity contribution in [2.75, 3.05) is 12.4 Å². The van der Waals surface area contributed by atoms with Crippen LogP contribution in [0.15, 0.2) is 42.5 Å². The lowest BCUT2D eigenvalue weighted by Crippen LogP contribution is -2.17. The molecule has 24 heavy (non-hydrogen) atoms. The highest BCUT2D eigenvalue weighted by molar-refractivity contribution is 6.09. The number of rotatable bonds is 5. The van der Waals surface area contributed by atoms with Gasteiger partial charge in [-0.1, -0.05) is 19.1 Å². The van der Waals surface area contributed by atoms with Gasteiger partial charge < -0.3 is 15.8 Å². The summed E-state index contributed by atoms with van der Waals surface area (Å²) < 4.78 is 4.76. The summed E-state index contributed by atoms with van der Waals surface area (Å²) in [5, 5.41) is 2.67. The van der Waals surface area contributed by atoms with E-state index in [4.69, 9.17) is 10.5 Å². The van der Waals surface area contributed by atoms with Crippen LogP contribution in [0.3, 0.4) is 0 Å². The molecule has 0 saturated carbocycles. The standard InChI is InChI=1S/C18H18N2O4/c1-3-11-7-8-15(14(9-11)18(23)24-2)20-17(22)13-6-4-5-12(10-13)16(19)21/h4-10H,3H2,1-2H3,(H2,19,21)(H,20,22). The van der Waals surface area contributed by atoms with Crippen LogP contribution in [0.25, 0.3) is 0 Å². The minimum Gasteiger partial charge on any atom is -0.465 e. The Balaban J connectivity index is 2.33. The molecule has 2 rings (SSSR count). The second-order valence-corrected chi connectivity index (χ2v) is 5.12. The Hall–Kier alpha value is -3.15. The highest BCUT2D eigenvalue weighted by atomic mass is 16.5. The Labute approximate surface area is 139 Å². The van der Waals surface area contributed by atoms with Crippen molar-refractivity contribution in [3.63, 3.8) is 0 Å². The first-order valence-corrected chi connectivity index (χ1v) is 7.38. The molecule has 2 aromatic carbocycles. The van der Waals surface area contributed by atoms with Crippen LogP contribution in [-0.4, -0.2) is 24.9 Å². The fraction of sp³-hybridized carbons (Fsp3) is 0.167. The fourth-order valence-electron chi connectivity index (χ4n) is 2.21. The van der Waals surface area contributed by atoms with Crippen LogP contribution in [0.1, 0.15) is 43.6 Å². The van der Waals surface area contributed by atoms with Crippen LogP contribution in [0.4, 0.5) is 5.69 Å². The molecule has 0 bridgehead atoms. The summed E-state index contributed by atoms with van der Waals surface area (Å²) in [6.07, 6.45) is 0.749. The van der Waals surface area contributed by atoms with Crippen molar-refractivity contribution in [3.8, 4) is 0 Å².